The molecule has 4 atom stereocenters. The quantitative estimate of drug-likeness (QED) is 0.405. The molecular weight excluding hydrogens is 556 g/mol. The van der Waals surface area contributed by atoms with E-state index in [-0.39, 0.29) is 37.0 Å². The number of hydrogen-bond donors (Lipinski definition) is 1. The van der Waals surface area contributed by atoms with E-state index in [0.717, 1.165) is 58.3 Å². The van der Waals surface area contributed by atoms with Crippen molar-refractivity contribution in [1.82, 2.24) is 0 Å². The number of fused-ring (bicyclic) bond motifs is 4. The van der Waals surface area contributed by atoms with Gasteiger partial charge in [-0.15, -0.1) is 0 Å². The fourth-order valence-corrected chi connectivity index (χ4v) is 6.53. The zero-order valence-corrected chi connectivity index (χ0v) is 24.3. The summed E-state index contributed by atoms with van der Waals surface area (Å²) in [5.74, 6) is 4.00. The molecule has 5 aliphatic rings. The molecule has 8 rings (SSSR count). The number of carbonyl (C=O) groups is 1. The number of rotatable bonds is 4. The smallest absolute Gasteiger partial charge is 0.339 e. The third-order valence-corrected chi connectivity index (χ3v) is 8.73. The fraction of sp³-hybridized carbons (Fsp3) is 0.424. The van der Waals surface area contributed by atoms with Gasteiger partial charge < -0.3 is 43.0 Å². The lowest BCUT2D eigenvalue weighted by Crippen LogP contribution is -2.32. The Kier molecular flexibility index (Phi) is 6.98. The van der Waals surface area contributed by atoms with Crippen LogP contribution >= 0.6 is 0 Å². The van der Waals surface area contributed by atoms with E-state index in [0.29, 0.717) is 30.8 Å². The normalized spacial score (nSPS) is 25.2. The predicted octanol–water partition coefficient (Wildman–Crippen LogP) is 5.72. The topological polar surface area (TPSA) is 111 Å². The van der Waals surface area contributed by atoms with Gasteiger partial charge in [0.15, 0.2) is 23.0 Å². The lowest BCUT2D eigenvalue weighted by atomic mass is 9.85. The van der Waals surface area contributed by atoms with Gasteiger partial charge in [-0.1, -0.05) is 12.1 Å². The Morgan fingerprint density at radius 3 is 1.86 bits per heavy atom. The first-order chi connectivity index (χ1) is 20.8. The molecule has 0 bridgehead atoms. The molecule has 0 spiro atoms. The van der Waals surface area contributed by atoms with Crippen LogP contribution in [0.4, 0.5) is 0 Å². The van der Waals surface area contributed by atoms with Crippen molar-refractivity contribution in [1.29, 1.82) is 0 Å². The fourth-order valence-electron chi connectivity index (χ4n) is 6.53. The summed E-state index contributed by atoms with van der Waals surface area (Å²) in [7, 11) is 1.49. The molecule has 3 aromatic rings. The number of carboxylic acids is 1. The minimum absolute atomic E-state index is 0.0218. The van der Waals surface area contributed by atoms with Gasteiger partial charge in [0.25, 0.3) is 0 Å². The van der Waals surface area contributed by atoms with Gasteiger partial charge >= 0.3 is 5.97 Å². The summed E-state index contributed by atoms with van der Waals surface area (Å²) in [5.41, 5.74) is 3.08. The van der Waals surface area contributed by atoms with Gasteiger partial charge in [0.2, 0.25) is 13.6 Å². The Morgan fingerprint density at radius 1 is 0.791 bits per heavy atom. The van der Waals surface area contributed by atoms with Gasteiger partial charge in [-0.3, -0.25) is 0 Å². The van der Waals surface area contributed by atoms with E-state index in [2.05, 4.69) is 12.1 Å². The molecule has 2 fully saturated rings. The Hall–Kier alpha value is -4.15. The summed E-state index contributed by atoms with van der Waals surface area (Å²) in [5, 5.41) is 9.08. The molecule has 3 aromatic carbocycles. The van der Waals surface area contributed by atoms with E-state index >= 15 is 0 Å². The monoisotopic (exact) mass is 590 g/mol. The first-order valence-electron chi connectivity index (χ1n) is 14.5. The third-order valence-electron chi connectivity index (χ3n) is 8.73. The molecule has 0 amide bonds. The zero-order chi connectivity index (χ0) is 29.7. The lowest BCUT2D eigenvalue weighted by molar-refractivity contribution is 0.0192. The van der Waals surface area contributed by atoms with Crippen LogP contribution in [0.1, 0.15) is 59.5 Å². The van der Waals surface area contributed by atoms with Crippen molar-refractivity contribution >= 4 is 5.97 Å². The van der Waals surface area contributed by atoms with Crippen LogP contribution in [-0.2, 0) is 15.9 Å². The largest absolute Gasteiger partial charge is 0.495 e. The Balaban J connectivity index is 0.000000154. The van der Waals surface area contributed by atoms with Gasteiger partial charge in [-0.05, 0) is 74.2 Å². The molecule has 226 valence electrons. The molecule has 1 N–H and O–H groups in total. The highest BCUT2D eigenvalue weighted by Gasteiger charge is 2.48. The second-order valence-electron chi connectivity index (χ2n) is 11.9. The average molecular weight is 591 g/mol. The predicted molar refractivity (Wildman–Crippen MR) is 152 cm³/mol. The van der Waals surface area contributed by atoms with E-state index in [1.165, 1.54) is 13.2 Å². The summed E-state index contributed by atoms with van der Waals surface area (Å²) in [4.78, 5) is 11.1. The third kappa shape index (κ3) is 5.08. The molecular formula is C33H34O10. The van der Waals surface area contributed by atoms with Gasteiger partial charge in [-0.25, -0.2) is 4.79 Å². The number of carboxylic acid groups (broad SMARTS) is 1. The van der Waals surface area contributed by atoms with Gasteiger partial charge in [0.1, 0.15) is 22.7 Å². The van der Waals surface area contributed by atoms with Crippen LogP contribution in [0.2, 0.25) is 0 Å². The first kappa shape index (κ1) is 27.7. The molecule has 2 saturated heterocycles. The highest BCUT2D eigenvalue weighted by atomic mass is 16.7. The maximum absolute atomic E-state index is 11.1. The molecule has 0 aliphatic carbocycles. The molecule has 4 unspecified atom stereocenters. The summed E-state index contributed by atoms with van der Waals surface area (Å²) in [6, 6.07) is 15.3. The van der Waals surface area contributed by atoms with Crippen molar-refractivity contribution in [2.24, 2.45) is 11.8 Å². The summed E-state index contributed by atoms with van der Waals surface area (Å²) in [6.45, 7) is 5.98. The van der Waals surface area contributed by atoms with Crippen molar-refractivity contribution in [3.63, 3.8) is 0 Å². The Labute approximate surface area is 249 Å². The molecule has 0 saturated carbocycles. The summed E-state index contributed by atoms with van der Waals surface area (Å²) in [6.07, 6.45) is 1.66. The van der Waals surface area contributed by atoms with E-state index in [1.807, 2.05) is 38.1 Å². The van der Waals surface area contributed by atoms with E-state index < -0.39 is 5.97 Å². The second-order valence-corrected chi connectivity index (χ2v) is 11.9. The van der Waals surface area contributed by atoms with Crippen LogP contribution < -0.4 is 28.4 Å². The Morgan fingerprint density at radius 2 is 1.33 bits per heavy atom. The van der Waals surface area contributed by atoms with Crippen LogP contribution in [0.5, 0.6) is 34.5 Å². The van der Waals surface area contributed by atoms with Crippen LogP contribution in [0, 0.1) is 11.8 Å². The van der Waals surface area contributed by atoms with Crippen LogP contribution in [0.15, 0.2) is 48.5 Å². The molecule has 0 radical (unpaired) electrons. The van der Waals surface area contributed by atoms with Gasteiger partial charge in [0, 0.05) is 17.4 Å². The zero-order valence-electron chi connectivity index (χ0n) is 24.3. The molecule has 10 heteroatoms. The minimum atomic E-state index is -0.977. The lowest BCUT2D eigenvalue weighted by Gasteiger charge is -2.33. The molecule has 43 heavy (non-hydrogen) atoms. The van der Waals surface area contributed by atoms with Gasteiger partial charge in [0.05, 0.1) is 32.5 Å². The molecule has 5 aliphatic heterocycles. The average Bonchev–Trinajstić information content (AvgIpc) is 3.79. The molecule has 10 nitrogen and oxygen atoms in total. The first-order valence-corrected chi connectivity index (χ1v) is 14.5. The van der Waals surface area contributed by atoms with Crippen LogP contribution in [0.25, 0.3) is 0 Å². The van der Waals surface area contributed by atoms with Crippen molar-refractivity contribution in [2.45, 2.75) is 44.5 Å². The van der Waals surface area contributed by atoms with Gasteiger partial charge in [-0.2, -0.15) is 0 Å². The maximum atomic E-state index is 11.1. The van der Waals surface area contributed by atoms with Crippen molar-refractivity contribution in [3.8, 4) is 34.5 Å². The number of hydrogen-bond acceptors (Lipinski definition) is 9. The summed E-state index contributed by atoms with van der Waals surface area (Å²) < 4.78 is 45.2. The maximum Gasteiger partial charge on any atom is 0.339 e. The van der Waals surface area contributed by atoms with E-state index in [9.17, 15) is 4.79 Å². The summed E-state index contributed by atoms with van der Waals surface area (Å²) >= 11 is 0. The number of aromatic carboxylic acids is 1. The molecule has 0 aromatic heterocycles. The van der Waals surface area contributed by atoms with Crippen molar-refractivity contribution in [2.75, 3.05) is 33.9 Å². The molecule has 5 heterocycles. The highest BCUT2D eigenvalue weighted by molar-refractivity contribution is 5.92. The van der Waals surface area contributed by atoms with Crippen molar-refractivity contribution in [3.05, 3.63) is 70.8 Å². The van der Waals surface area contributed by atoms with Crippen LogP contribution in [0.3, 0.4) is 0 Å². The van der Waals surface area contributed by atoms with Crippen molar-refractivity contribution < 1.29 is 47.8 Å². The number of ether oxygens (including phenoxy) is 8. The standard InChI is InChI=1S/C20H18O6.C13H16O4/c1-3-15-17(25-9-23-15)5-11(1)19-13-7-22-20(14(13)8-21-19)12-2-4-16-18(6-12)26-10-24-16;1-13(2)7-6-8-10(17-13)5-4-9(12(14)15)11(8)16-3/h1-6,13-14,19-20H,7-10H2;4-5H,6-7H2,1-3H3,(H,14,15). The highest BCUT2D eigenvalue weighted by Crippen LogP contribution is 2.52. The number of benzene rings is 3. The van der Waals surface area contributed by atoms with Crippen LogP contribution in [-0.4, -0.2) is 50.6 Å². The van der Waals surface area contributed by atoms with E-state index in [4.69, 9.17) is 43.0 Å². The minimum Gasteiger partial charge on any atom is -0.495 e. The van der Waals surface area contributed by atoms with E-state index in [1.54, 1.807) is 6.07 Å². The Bertz CT molecular complexity index is 1480. The number of methoxy groups -OCH3 is 1. The second kappa shape index (κ2) is 10.8. The SMILES string of the molecule is COc1c(C(=O)O)ccc2c1CCC(C)(C)O2.c1cc2c(cc1C1OCC3C(c4ccc5c(c4)OCO5)OCC13)OCO2.